The fourth-order valence-corrected chi connectivity index (χ4v) is 2.77. The predicted octanol–water partition coefficient (Wildman–Crippen LogP) is 2.29. The zero-order chi connectivity index (χ0) is 10.6. The Labute approximate surface area is 94.0 Å². The highest BCUT2D eigenvalue weighted by molar-refractivity contribution is 4.95. The van der Waals surface area contributed by atoms with Gasteiger partial charge in [-0.05, 0) is 43.7 Å². The molecule has 2 heteroatoms. The van der Waals surface area contributed by atoms with E-state index >= 15 is 0 Å². The minimum Gasteiger partial charge on any atom is -0.330 e. The lowest BCUT2D eigenvalue weighted by molar-refractivity contribution is 0.328. The van der Waals surface area contributed by atoms with Crippen LogP contribution in [0.4, 0.5) is 0 Å². The summed E-state index contributed by atoms with van der Waals surface area (Å²) in [6.07, 6.45) is 11.4. The van der Waals surface area contributed by atoms with Crippen molar-refractivity contribution in [1.82, 2.24) is 5.32 Å². The topological polar surface area (TPSA) is 38.0 Å². The molecule has 2 nitrogen and oxygen atoms in total. The Hall–Kier alpha value is -0.0800. The van der Waals surface area contributed by atoms with Crippen LogP contribution in [0.5, 0.6) is 0 Å². The summed E-state index contributed by atoms with van der Waals surface area (Å²) >= 11 is 0. The minimum atomic E-state index is 0.507. The molecule has 2 saturated carbocycles. The summed E-state index contributed by atoms with van der Waals surface area (Å²) in [6, 6.07) is 0. The predicted molar refractivity (Wildman–Crippen MR) is 64.8 cm³/mol. The largest absolute Gasteiger partial charge is 0.330 e. The normalized spacial score (nSPS) is 25.4. The summed E-state index contributed by atoms with van der Waals surface area (Å²) < 4.78 is 0. The van der Waals surface area contributed by atoms with E-state index in [0.717, 1.165) is 19.0 Å². The van der Waals surface area contributed by atoms with Gasteiger partial charge in [-0.3, -0.25) is 0 Å². The summed E-state index contributed by atoms with van der Waals surface area (Å²) in [6.45, 7) is 3.26. The Morgan fingerprint density at radius 2 is 1.87 bits per heavy atom. The zero-order valence-electron chi connectivity index (χ0n) is 9.93. The first-order valence-electron chi connectivity index (χ1n) is 6.75. The molecule has 2 rings (SSSR count). The lowest BCUT2D eigenvalue weighted by atomic mass is 9.87. The molecule has 0 unspecified atom stereocenters. The quantitative estimate of drug-likeness (QED) is 0.660. The fourth-order valence-electron chi connectivity index (χ4n) is 2.77. The second-order valence-corrected chi connectivity index (χ2v) is 5.67. The Balaban J connectivity index is 1.51. The lowest BCUT2D eigenvalue weighted by Crippen LogP contribution is -2.31. The number of hydrogen-bond donors (Lipinski definition) is 2. The molecule has 2 aliphatic rings. The number of nitrogens with one attached hydrogen (secondary N) is 1. The van der Waals surface area contributed by atoms with Crippen molar-refractivity contribution in [3.63, 3.8) is 0 Å². The monoisotopic (exact) mass is 210 g/mol. The third-order valence-corrected chi connectivity index (χ3v) is 4.34. The van der Waals surface area contributed by atoms with Crippen molar-refractivity contribution in [1.29, 1.82) is 0 Å². The van der Waals surface area contributed by atoms with Crippen LogP contribution in [0.1, 0.15) is 51.4 Å². The first-order valence-corrected chi connectivity index (χ1v) is 6.75. The molecule has 0 aliphatic heterocycles. The summed E-state index contributed by atoms with van der Waals surface area (Å²) in [5.41, 5.74) is 6.26. The second kappa shape index (κ2) is 5.31. The molecule has 0 bridgehead atoms. The summed E-state index contributed by atoms with van der Waals surface area (Å²) in [5, 5.41) is 3.61. The van der Waals surface area contributed by atoms with Crippen molar-refractivity contribution in [2.75, 3.05) is 19.6 Å². The first-order chi connectivity index (χ1) is 7.35. The smallest absolute Gasteiger partial charge is 0.00199 e. The molecular weight excluding hydrogens is 184 g/mol. The van der Waals surface area contributed by atoms with Gasteiger partial charge in [0.1, 0.15) is 0 Å². The molecule has 3 N–H and O–H groups in total. The molecule has 0 amide bonds. The van der Waals surface area contributed by atoms with Crippen molar-refractivity contribution in [2.24, 2.45) is 17.1 Å². The van der Waals surface area contributed by atoms with Crippen molar-refractivity contribution in [3.05, 3.63) is 0 Å². The third-order valence-electron chi connectivity index (χ3n) is 4.34. The van der Waals surface area contributed by atoms with Gasteiger partial charge in [0, 0.05) is 6.54 Å². The van der Waals surface area contributed by atoms with Crippen LogP contribution >= 0.6 is 0 Å². The van der Waals surface area contributed by atoms with Gasteiger partial charge in [0.05, 0.1) is 0 Å². The fraction of sp³-hybridized carbons (Fsp3) is 1.00. The maximum atomic E-state index is 5.75. The molecule has 0 saturated heterocycles. The van der Waals surface area contributed by atoms with E-state index in [1.807, 2.05) is 0 Å². The van der Waals surface area contributed by atoms with Crippen molar-refractivity contribution < 1.29 is 0 Å². The van der Waals surface area contributed by atoms with Crippen molar-refractivity contribution in [2.45, 2.75) is 51.4 Å². The zero-order valence-corrected chi connectivity index (χ0v) is 9.93. The molecule has 15 heavy (non-hydrogen) atoms. The van der Waals surface area contributed by atoms with E-state index in [2.05, 4.69) is 5.32 Å². The molecule has 0 atom stereocenters. The molecule has 2 aliphatic carbocycles. The van der Waals surface area contributed by atoms with Crippen LogP contribution in [0, 0.1) is 11.3 Å². The molecule has 0 radical (unpaired) electrons. The Morgan fingerprint density at radius 1 is 1.13 bits per heavy atom. The maximum Gasteiger partial charge on any atom is 0.00199 e. The van der Waals surface area contributed by atoms with Crippen LogP contribution in [-0.4, -0.2) is 19.6 Å². The summed E-state index contributed by atoms with van der Waals surface area (Å²) in [7, 11) is 0. The van der Waals surface area contributed by atoms with Crippen LogP contribution in [0.2, 0.25) is 0 Å². The SMILES string of the molecule is NCC1(CNCCC2CCCCC2)CC1. The number of nitrogens with two attached hydrogens (primary N) is 1. The van der Waals surface area contributed by atoms with Gasteiger partial charge in [-0.2, -0.15) is 0 Å². The molecule has 0 spiro atoms. The van der Waals surface area contributed by atoms with Crippen molar-refractivity contribution >= 4 is 0 Å². The van der Waals surface area contributed by atoms with E-state index in [9.17, 15) is 0 Å². The van der Waals surface area contributed by atoms with Crippen LogP contribution in [0.25, 0.3) is 0 Å². The van der Waals surface area contributed by atoms with E-state index in [0.29, 0.717) is 5.41 Å². The molecule has 0 heterocycles. The average Bonchev–Trinajstić information content (AvgIpc) is 3.07. The van der Waals surface area contributed by atoms with Crippen molar-refractivity contribution in [3.8, 4) is 0 Å². The molecule has 0 aromatic rings. The van der Waals surface area contributed by atoms with Crippen LogP contribution in [0.3, 0.4) is 0 Å². The molecule has 2 fully saturated rings. The Kier molecular flexibility index (Phi) is 4.04. The van der Waals surface area contributed by atoms with Gasteiger partial charge in [0.25, 0.3) is 0 Å². The molecule has 0 aromatic heterocycles. The standard InChI is InChI=1S/C13H26N2/c14-10-13(7-8-13)11-15-9-6-12-4-2-1-3-5-12/h12,15H,1-11,14H2. The van der Waals surface area contributed by atoms with Crippen LogP contribution in [-0.2, 0) is 0 Å². The minimum absolute atomic E-state index is 0.507. The average molecular weight is 210 g/mol. The second-order valence-electron chi connectivity index (χ2n) is 5.67. The van der Waals surface area contributed by atoms with E-state index < -0.39 is 0 Å². The van der Waals surface area contributed by atoms with E-state index in [1.165, 1.54) is 57.9 Å². The number of rotatable bonds is 6. The summed E-state index contributed by atoms with van der Waals surface area (Å²) in [4.78, 5) is 0. The number of hydrogen-bond acceptors (Lipinski definition) is 2. The van der Waals surface area contributed by atoms with Crippen LogP contribution in [0.15, 0.2) is 0 Å². The summed E-state index contributed by atoms with van der Waals surface area (Å²) in [5.74, 6) is 1.01. The maximum absolute atomic E-state index is 5.75. The third kappa shape index (κ3) is 3.46. The Bertz CT molecular complexity index is 181. The highest BCUT2D eigenvalue weighted by atomic mass is 14.9. The van der Waals surface area contributed by atoms with Gasteiger partial charge in [0.2, 0.25) is 0 Å². The van der Waals surface area contributed by atoms with Gasteiger partial charge in [-0.1, -0.05) is 32.1 Å². The molecular formula is C13H26N2. The molecule has 88 valence electrons. The Morgan fingerprint density at radius 3 is 2.47 bits per heavy atom. The van der Waals surface area contributed by atoms with Gasteiger partial charge in [-0.25, -0.2) is 0 Å². The van der Waals surface area contributed by atoms with Gasteiger partial charge in [-0.15, -0.1) is 0 Å². The van der Waals surface area contributed by atoms with Crippen LogP contribution < -0.4 is 11.1 Å². The lowest BCUT2D eigenvalue weighted by Gasteiger charge is -2.22. The molecule has 0 aromatic carbocycles. The van der Waals surface area contributed by atoms with E-state index in [1.54, 1.807) is 0 Å². The van der Waals surface area contributed by atoms with Gasteiger partial charge >= 0.3 is 0 Å². The highest BCUT2D eigenvalue weighted by Gasteiger charge is 2.40. The highest BCUT2D eigenvalue weighted by Crippen LogP contribution is 2.43. The van der Waals surface area contributed by atoms with E-state index in [-0.39, 0.29) is 0 Å². The van der Waals surface area contributed by atoms with Gasteiger partial charge in [0.15, 0.2) is 0 Å². The van der Waals surface area contributed by atoms with Gasteiger partial charge < -0.3 is 11.1 Å². The first kappa shape index (κ1) is 11.4. The van der Waals surface area contributed by atoms with E-state index in [4.69, 9.17) is 5.73 Å².